The number of nitrogens with one attached hydrogen (secondary N) is 1. The molecule has 2 heteroatoms. The van der Waals surface area contributed by atoms with Crippen LogP contribution in [0.25, 0.3) is 0 Å². The first-order valence-electron chi connectivity index (χ1n) is 8.27. The quantitative estimate of drug-likeness (QED) is 0.605. The van der Waals surface area contributed by atoms with Crippen molar-refractivity contribution in [3.05, 3.63) is 29.3 Å². The van der Waals surface area contributed by atoms with Crippen molar-refractivity contribution in [2.45, 2.75) is 71.4 Å². The molecule has 112 valence electrons. The molecule has 1 aliphatic rings. The number of ether oxygens (including phenoxy) is 1. The zero-order valence-electron chi connectivity index (χ0n) is 13.1. The van der Waals surface area contributed by atoms with E-state index >= 15 is 0 Å². The lowest BCUT2D eigenvalue weighted by molar-refractivity contribution is 0.180. The second kappa shape index (κ2) is 8.31. The molecule has 1 aromatic carbocycles. The molecule has 0 bridgehead atoms. The Morgan fingerprint density at radius 2 is 1.90 bits per heavy atom. The Labute approximate surface area is 123 Å². The van der Waals surface area contributed by atoms with E-state index in [1.807, 2.05) is 0 Å². The number of hydrogen-bond acceptors (Lipinski definition) is 2. The van der Waals surface area contributed by atoms with Gasteiger partial charge in [-0.1, -0.05) is 38.0 Å². The minimum atomic E-state index is 0.420. The third kappa shape index (κ3) is 4.52. The molecular weight excluding hydrogens is 246 g/mol. The minimum absolute atomic E-state index is 0.420. The Bertz CT molecular complexity index is 394. The van der Waals surface area contributed by atoms with Gasteiger partial charge in [0, 0.05) is 12.1 Å². The molecule has 20 heavy (non-hydrogen) atoms. The molecular formula is C18H29NO. The van der Waals surface area contributed by atoms with Gasteiger partial charge in [0.05, 0.1) is 6.10 Å². The van der Waals surface area contributed by atoms with Crippen LogP contribution in [0.1, 0.15) is 63.0 Å². The lowest BCUT2D eigenvalue weighted by Crippen LogP contribution is -2.19. The van der Waals surface area contributed by atoms with Gasteiger partial charge < -0.3 is 10.1 Å². The van der Waals surface area contributed by atoms with Gasteiger partial charge in [-0.3, -0.25) is 0 Å². The van der Waals surface area contributed by atoms with Crippen LogP contribution >= 0.6 is 0 Å². The highest BCUT2D eigenvalue weighted by Gasteiger charge is 2.16. The summed E-state index contributed by atoms with van der Waals surface area (Å²) in [4.78, 5) is 0. The van der Waals surface area contributed by atoms with E-state index in [2.05, 4.69) is 37.4 Å². The van der Waals surface area contributed by atoms with Crippen molar-refractivity contribution >= 4 is 0 Å². The van der Waals surface area contributed by atoms with Crippen molar-refractivity contribution in [3.8, 4) is 5.75 Å². The fourth-order valence-electron chi connectivity index (χ4n) is 2.95. The largest absolute Gasteiger partial charge is 0.490 e. The Balaban J connectivity index is 2.04. The molecule has 1 N–H and O–H groups in total. The molecule has 0 amide bonds. The van der Waals surface area contributed by atoms with Gasteiger partial charge in [0.2, 0.25) is 0 Å². The van der Waals surface area contributed by atoms with E-state index in [1.54, 1.807) is 0 Å². The van der Waals surface area contributed by atoms with Gasteiger partial charge in [-0.15, -0.1) is 0 Å². The van der Waals surface area contributed by atoms with Crippen LogP contribution in [0.3, 0.4) is 0 Å². The molecule has 0 aliphatic heterocycles. The zero-order chi connectivity index (χ0) is 14.2. The van der Waals surface area contributed by atoms with Gasteiger partial charge in [0.25, 0.3) is 0 Å². The predicted octanol–water partition coefficient (Wildman–Crippen LogP) is 4.60. The SMILES string of the molecule is CCCNCc1cccc(C)c1OC1CCCCCC1. The van der Waals surface area contributed by atoms with Crippen LogP contribution in [-0.2, 0) is 6.54 Å². The molecule has 2 rings (SSSR count). The maximum Gasteiger partial charge on any atom is 0.127 e. The van der Waals surface area contributed by atoms with Crippen molar-refractivity contribution in [2.24, 2.45) is 0 Å². The van der Waals surface area contributed by atoms with Crippen LogP contribution in [0.15, 0.2) is 18.2 Å². The Morgan fingerprint density at radius 3 is 2.60 bits per heavy atom. The zero-order valence-corrected chi connectivity index (χ0v) is 13.1. The maximum atomic E-state index is 6.39. The van der Waals surface area contributed by atoms with Crippen molar-refractivity contribution in [1.29, 1.82) is 0 Å². The number of hydrogen-bond donors (Lipinski definition) is 1. The molecule has 1 aliphatic carbocycles. The number of aryl methyl sites for hydroxylation is 1. The van der Waals surface area contributed by atoms with E-state index in [-0.39, 0.29) is 0 Å². The van der Waals surface area contributed by atoms with Gasteiger partial charge in [-0.2, -0.15) is 0 Å². The molecule has 0 radical (unpaired) electrons. The monoisotopic (exact) mass is 275 g/mol. The minimum Gasteiger partial charge on any atom is -0.490 e. The summed E-state index contributed by atoms with van der Waals surface area (Å²) in [5.41, 5.74) is 2.58. The summed E-state index contributed by atoms with van der Waals surface area (Å²) >= 11 is 0. The molecule has 0 unspecified atom stereocenters. The summed E-state index contributed by atoms with van der Waals surface area (Å²) in [5, 5.41) is 3.49. The van der Waals surface area contributed by atoms with Crippen LogP contribution in [0.2, 0.25) is 0 Å². The summed E-state index contributed by atoms with van der Waals surface area (Å²) in [7, 11) is 0. The Morgan fingerprint density at radius 1 is 1.15 bits per heavy atom. The molecule has 1 aromatic rings. The lowest BCUT2D eigenvalue weighted by atomic mass is 10.1. The maximum absolute atomic E-state index is 6.39. The van der Waals surface area contributed by atoms with Gasteiger partial charge >= 0.3 is 0 Å². The Kier molecular flexibility index (Phi) is 6.38. The summed E-state index contributed by atoms with van der Waals surface area (Å²) in [6.07, 6.45) is 9.41. The van der Waals surface area contributed by atoms with Gasteiger partial charge in [-0.05, 0) is 51.1 Å². The van der Waals surface area contributed by atoms with Crippen LogP contribution < -0.4 is 10.1 Å². The first-order chi connectivity index (χ1) is 9.81. The third-order valence-corrected chi connectivity index (χ3v) is 4.12. The highest BCUT2D eigenvalue weighted by molar-refractivity contribution is 5.40. The van der Waals surface area contributed by atoms with Gasteiger partial charge in [0.1, 0.15) is 5.75 Å². The van der Waals surface area contributed by atoms with E-state index in [1.165, 1.54) is 56.1 Å². The van der Waals surface area contributed by atoms with E-state index in [4.69, 9.17) is 4.74 Å². The summed E-state index contributed by atoms with van der Waals surface area (Å²) in [5.74, 6) is 1.13. The average Bonchev–Trinajstić information content (AvgIpc) is 2.71. The van der Waals surface area contributed by atoms with Crippen LogP contribution in [0, 0.1) is 6.92 Å². The van der Waals surface area contributed by atoms with Gasteiger partial charge in [-0.25, -0.2) is 0 Å². The van der Waals surface area contributed by atoms with E-state index < -0.39 is 0 Å². The van der Waals surface area contributed by atoms with Crippen molar-refractivity contribution in [1.82, 2.24) is 5.32 Å². The fraction of sp³-hybridized carbons (Fsp3) is 0.667. The third-order valence-electron chi connectivity index (χ3n) is 4.12. The first kappa shape index (κ1) is 15.4. The molecule has 0 aromatic heterocycles. The Hall–Kier alpha value is -1.02. The topological polar surface area (TPSA) is 21.3 Å². The molecule has 0 heterocycles. The van der Waals surface area contributed by atoms with E-state index in [0.29, 0.717) is 6.10 Å². The van der Waals surface area contributed by atoms with Crippen molar-refractivity contribution in [3.63, 3.8) is 0 Å². The first-order valence-corrected chi connectivity index (χ1v) is 8.27. The van der Waals surface area contributed by atoms with Crippen LogP contribution in [0.4, 0.5) is 0 Å². The molecule has 1 saturated carbocycles. The normalized spacial score (nSPS) is 16.9. The average molecular weight is 275 g/mol. The predicted molar refractivity (Wildman–Crippen MR) is 85.3 cm³/mol. The van der Waals surface area contributed by atoms with E-state index in [9.17, 15) is 0 Å². The highest BCUT2D eigenvalue weighted by atomic mass is 16.5. The van der Waals surface area contributed by atoms with Crippen LogP contribution in [0.5, 0.6) is 5.75 Å². The summed E-state index contributed by atoms with van der Waals surface area (Å²) in [6.45, 7) is 6.34. The summed E-state index contributed by atoms with van der Waals surface area (Å²) in [6, 6.07) is 6.50. The van der Waals surface area contributed by atoms with E-state index in [0.717, 1.165) is 18.8 Å². The van der Waals surface area contributed by atoms with Crippen LogP contribution in [-0.4, -0.2) is 12.6 Å². The molecule has 0 spiro atoms. The molecule has 1 fully saturated rings. The standard InChI is InChI=1S/C18H29NO/c1-3-13-19-14-16-10-8-9-15(2)18(16)20-17-11-6-4-5-7-12-17/h8-10,17,19H,3-7,11-14H2,1-2H3. The van der Waals surface area contributed by atoms with Gasteiger partial charge in [0.15, 0.2) is 0 Å². The smallest absolute Gasteiger partial charge is 0.127 e. The lowest BCUT2D eigenvalue weighted by Gasteiger charge is -2.21. The number of para-hydroxylation sites is 1. The second-order valence-corrected chi connectivity index (χ2v) is 5.97. The van der Waals surface area contributed by atoms with Crippen molar-refractivity contribution in [2.75, 3.05) is 6.54 Å². The van der Waals surface area contributed by atoms with Crippen molar-refractivity contribution < 1.29 is 4.74 Å². The highest BCUT2D eigenvalue weighted by Crippen LogP contribution is 2.28. The summed E-state index contributed by atoms with van der Waals surface area (Å²) < 4.78 is 6.39. The molecule has 2 nitrogen and oxygen atoms in total. The molecule has 0 saturated heterocycles. The molecule has 0 atom stereocenters. The number of benzene rings is 1. The number of rotatable bonds is 6. The second-order valence-electron chi connectivity index (χ2n) is 5.97. The fourth-order valence-corrected chi connectivity index (χ4v) is 2.95.